The van der Waals surface area contributed by atoms with Crippen molar-refractivity contribution in [2.45, 2.75) is 39.3 Å². The Morgan fingerprint density at radius 3 is 2.71 bits per heavy atom. The third-order valence-corrected chi connectivity index (χ3v) is 3.68. The van der Waals surface area contributed by atoms with E-state index in [-0.39, 0.29) is 12.1 Å². The van der Waals surface area contributed by atoms with Crippen LogP contribution in [0.2, 0.25) is 0 Å². The lowest BCUT2D eigenvalue weighted by Gasteiger charge is -2.17. The van der Waals surface area contributed by atoms with Crippen molar-refractivity contribution >= 4 is 17.6 Å². The molecule has 130 valence electrons. The first-order valence-corrected chi connectivity index (χ1v) is 8.20. The molecule has 0 radical (unpaired) electrons. The SMILES string of the molecule is CCc1ccccc1Nc1nc(N)nc(CN(C)CCC(C)O)n1. The van der Waals surface area contributed by atoms with Crippen LogP contribution in [-0.4, -0.2) is 44.7 Å². The first kappa shape index (κ1) is 18.1. The van der Waals surface area contributed by atoms with Gasteiger partial charge in [0.2, 0.25) is 11.9 Å². The number of aromatic nitrogens is 3. The lowest BCUT2D eigenvalue weighted by molar-refractivity contribution is 0.162. The Bertz CT molecular complexity index is 661. The van der Waals surface area contributed by atoms with E-state index in [1.54, 1.807) is 6.92 Å². The van der Waals surface area contributed by atoms with Crippen LogP contribution in [0.25, 0.3) is 0 Å². The normalized spacial score (nSPS) is 12.4. The molecule has 0 fully saturated rings. The van der Waals surface area contributed by atoms with Gasteiger partial charge in [0.1, 0.15) is 5.82 Å². The maximum Gasteiger partial charge on any atom is 0.232 e. The first-order valence-electron chi connectivity index (χ1n) is 8.20. The van der Waals surface area contributed by atoms with Crippen molar-refractivity contribution in [3.05, 3.63) is 35.7 Å². The number of hydrogen-bond donors (Lipinski definition) is 3. The molecule has 0 bridgehead atoms. The number of nitrogens with zero attached hydrogens (tertiary/aromatic N) is 4. The fourth-order valence-corrected chi connectivity index (χ4v) is 2.36. The van der Waals surface area contributed by atoms with Crippen molar-refractivity contribution < 1.29 is 5.11 Å². The summed E-state index contributed by atoms with van der Waals surface area (Å²) in [6, 6.07) is 8.04. The van der Waals surface area contributed by atoms with Gasteiger partial charge in [0.05, 0.1) is 12.6 Å². The second kappa shape index (κ2) is 8.56. The average molecular weight is 330 g/mol. The molecule has 0 aliphatic rings. The van der Waals surface area contributed by atoms with Crippen molar-refractivity contribution in [1.29, 1.82) is 0 Å². The third kappa shape index (κ3) is 5.43. The number of benzene rings is 1. The van der Waals surface area contributed by atoms with Gasteiger partial charge < -0.3 is 16.2 Å². The Labute approximate surface area is 143 Å². The standard InChI is InChI=1S/C17H26N6O/c1-4-13-7-5-6-8-14(13)19-17-21-15(20-16(18)22-17)11-23(3)10-9-12(2)24/h5-8,12,24H,4,9-11H2,1-3H3,(H3,18,19,20,21,22). The lowest BCUT2D eigenvalue weighted by atomic mass is 10.1. The Hall–Kier alpha value is -2.25. The number of para-hydroxylation sites is 1. The molecule has 0 spiro atoms. The number of aryl methyl sites for hydroxylation is 1. The number of nitrogens with two attached hydrogens (primary N) is 1. The highest BCUT2D eigenvalue weighted by Crippen LogP contribution is 2.19. The molecule has 24 heavy (non-hydrogen) atoms. The van der Waals surface area contributed by atoms with Gasteiger partial charge in [0.25, 0.3) is 0 Å². The molecule has 0 aliphatic heterocycles. The smallest absolute Gasteiger partial charge is 0.232 e. The van der Waals surface area contributed by atoms with E-state index in [2.05, 4.69) is 33.3 Å². The van der Waals surface area contributed by atoms with E-state index >= 15 is 0 Å². The van der Waals surface area contributed by atoms with Crippen molar-refractivity contribution in [2.75, 3.05) is 24.6 Å². The van der Waals surface area contributed by atoms with Crippen LogP contribution in [-0.2, 0) is 13.0 Å². The van der Waals surface area contributed by atoms with Crippen molar-refractivity contribution in [2.24, 2.45) is 0 Å². The molecule has 7 heteroatoms. The minimum Gasteiger partial charge on any atom is -0.393 e. The topological polar surface area (TPSA) is 100 Å². The maximum absolute atomic E-state index is 9.37. The number of aliphatic hydroxyl groups is 1. The summed E-state index contributed by atoms with van der Waals surface area (Å²) in [6.07, 6.45) is 1.30. The zero-order valence-corrected chi connectivity index (χ0v) is 14.5. The number of nitrogens with one attached hydrogen (secondary N) is 1. The van der Waals surface area contributed by atoms with Crippen LogP contribution >= 0.6 is 0 Å². The molecule has 1 atom stereocenters. The molecule has 1 aromatic heterocycles. The molecule has 0 saturated heterocycles. The second-order valence-electron chi connectivity index (χ2n) is 5.94. The summed E-state index contributed by atoms with van der Waals surface area (Å²) in [6.45, 7) is 5.18. The van der Waals surface area contributed by atoms with Crippen LogP contribution in [0.1, 0.15) is 31.7 Å². The van der Waals surface area contributed by atoms with E-state index in [0.29, 0.717) is 24.7 Å². The minimum atomic E-state index is -0.321. The highest BCUT2D eigenvalue weighted by molar-refractivity contribution is 5.58. The summed E-state index contributed by atoms with van der Waals surface area (Å²) in [4.78, 5) is 14.9. The molecule has 1 aromatic carbocycles. The van der Waals surface area contributed by atoms with E-state index in [0.717, 1.165) is 18.7 Å². The van der Waals surface area contributed by atoms with Gasteiger partial charge in [-0.1, -0.05) is 25.1 Å². The number of anilines is 3. The molecule has 0 saturated carbocycles. The molecule has 2 aromatic rings. The molecule has 0 aliphatic carbocycles. The van der Waals surface area contributed by atoms with Crippen LogP contribution in [0.3, 0.4) is 0 Å². The van der Waals surface area contributed by atoms with Gasteiger partial charge in [-0.3, -0.25) is 4.90 Å². The Morgan fingerprint density at radius 2 is 2.00 bits per heavy atom. The summed E-state index contributed by atoms with van der Waals surface area (Å²) in [5.41, 5.74) is 7.98. The van der Waals surface area contributed by atoms with Crippen LogP contribution in [0.15, 0.2) is 24.3 Å². The predicted octanol–water partition coefficient (Wildman–Crippen LogP) is 1.96. The summed E-state index contributed by atoms with van der Waals surface area (Å²) in [5, 5.41) is 12.6. The Kier molecular flexibility index (Phi) is 6.45. The lowest BCUT2D eigenvalue weighted by Crippen LogP contribution is -2.23. The van der Waals surface area contributed by atoms with E-state index in [1.807, 2.05) is 30.1 Å². The fourth-order valence-electron chi connectivity index (χ4n) is 2.36. The summed E-state index contributed by atoms with van der Waals surface area (Å²) >= 11 is 0. The minimum absolute atomic E-state index is 0.195. The van der Waals surface area contributed by atoms with Crippen molar-refractivity contribution in [3.63, 3.8) is 0 Å². The van der Waals surface area contributed by atoms with Crippen molar-refractivity contribution in [3.8, 4) is 0 Å². The Morgan fingerprint density at radius 1 is 1.25 bits per heavy atom. The van der Waals surface area contributed by atoms with Gasteiger partial charge in [-0.25, -0.2) is 0 Å². The van der Waals surface area contributed by atoms with Gasteiger partial charge in [-0.15, -0.1) is 0 Å². The van der Waals surface area contributed by atoms with Gasteiger partial charge >= 0.3 is 0 Å². The second-order valence-corrected chi connectivity index (χ2v) is 5.94. The van der Waals surface area contributed by atoms with Gasteiger partial charge in [0.15, 0.2) is 0 Å². The number of rotatable bonds is 8. The molecular formula is C17H26N6O. The van der Waals surface area contributed by atoms with Crippen LogP contribution < -0.4 is 11.1 Å². The van der Waals surface area contributed by atoms with E-state index < -0.39 is 0 Å². The number of aliphatic hydroxyl groups excluding tert-OH is 1. The zero-order valence-electron chi connectivity index (χ0n) is 14.5. The average Bonchev–Trinajstić information content (AvgIpc) is 2.53. The maximum atomic E-state index is 9.37. The zero-order chi connectivity index (χ0) is 17.5. The molecule has 7 nitrogen and oxygen atoms in total. The number of hydrogen-bond acceptors (Lipinski definition) is 7. The molecular weight excluding hydrogens is 304 g/mol. The van der Waals surface area contributed by atoms with E-state index in [4.69, 9.17) is 5.73 Å². The fraction of sp³-hybridized carbons (Fsp3) is 0.471. The highest BCUT2D eigenvalue weighted by Gasteiger charge is 2.09. The summed E-state index contributed by atoms with van der Waals surface area (Å²) < 4.78 is 0. The highest BCUT2D eigenvalue weighted by atomic mass is 16.3. The molecule has 4 N–H and O–H groups in total. The van der Waals surface area contributed by atoms with E-state index in [9.17, 15) is 5.11 Å². The van der Waals surface area contributed by atoms with E-state index in [1.165, 1.54) is 5.56 Å². The first-order chi connectivity index (χ1) is 11.5. The quantitative estimate of drug-likeness (QED) is 0.680. The largest absolute Gasteiger partial charge is 0.393 e. The summed E-state index contributed by atoms with van der Waals surface area (Å²) in [7, 11) is 1.96. The molecule has 1 unspecified atom stereocenters. The van der Waals surface area contributed by atoms with Gasteiger partial charge in [0, 0.05) is 12.2 Å². The molecule has 0 amide bonds. The monoisotopic (exact) mass is 330 g/mol. The molecule has 1 heterocycles. The van der Waals surface area contributed by atoms with Crippen LogP contribution in [0.4, 0.5) is 17.6 Å². The van der Waals surface area contributed by atoms with Crippen molar-refractivity contribution in [1.82, 2.24) is 19.9 Å². The third-order valence-electron chi connectivity index (χ3n) is 3.68. The summed E-state index contributed by atoms with van der Waals surface area (Å²) in [5.74, 6) is 1.25. The van der Waals surface area contributed by atoms with Gasteiger partial charge in [-0.05, 0) is 38.4 Å². The van der Waals surface area contributed by atoms with Crippen LogP contribution in [0, 0.1) is 0 Å². The number of nitrogen functional groups attached to an aromatic ring is 1. The van der Waals surface area contributed by atoms with Gasteiger partial charge in [-0.2, -0.15) is 15.0 Å². The predicted molar refractivity (Wildman–Crippen MR) is 96.0 cm³/mol. The van der Waals surface area contributed by atoms with Crippen LogP contribution in [0.5, 0.6) is 0 Å². The molecule has 2 rings (SSSR count). The Balaban J connectivity index is 2.10.